The van der Waals surface area contributed by atoms with E-state index in [1.54, 1.807) is 12.1 Å². The fraction of sp³-hybridized carbons (Fsp3) is 0.280. The number of nitrogens with zero attached hydrogens (tertiary/aromatic N) is 1. The highest BCUT2D eigenvalue weighted by molar-refractivity contribution is 5.99. The number of aromatic nitrogens is 1. The number of esters is 1. The molecule has 152 valence electrons. The number of rotatable bonds is 4. The van der Waals surface area contributed by atoms with E-state index in [1.165, 1.54) is 12.1 Å². The molecule has 2 aromatic carbocycles. The second kappa shape index (κ2) is 7.65. The molecule has 3 aromatic rings. The Hall–Kier alpha value is -3.05. The number of ether oxygens (including phenoxy) is 1. The lowest BCUT2D eigenvalue weighted by atomic mass is 9.92. The zero-order valence-electron chi connectivity index (χ0n) is 16.4. The molecule has 1 aromatic heterocycles. The van der Waals surface area contributed by atoms with Gasteiger partial charge in [0.15, 0.2) is 0 Å². The number of pyridine rings is 1. The first-order valence-corrected chi connectivity index (χ1v) is 10.3. The van der Waals surface area contributed by atoms with Crippen molar-refractivity contribution in [3.63, 3.8) is 0 Å². The summed E-state index contributed by atoms with van der Waals surface area (Å²) in [7, 11) is 0. The number of benzene rings is 2. The van der Waals surface area contributed by atoms with Crippen LogP contribution in [0.25, 0.3) is 28.1 Å². The second-order valence-corrected chi connectivity index (χ2v) is 8.07. The van der Waals surface area contributed by atoms with Crippen LogP contribution in [0.15, 0.2) is 54.6 Å². The lowest BCUT2D eigenvalue weighted by Gasteiger charge is -2.23. The number of hydrogen-bond acceptors (Lipinski definition) is 4. The van der Waals surface area contributed by atoms with Crippen LogP contribution < -0.4 is 0 Å². The van der Waals surface area contributed by atoms with Gasteiger partial charge in [-0.25, -0.2) is 4.39 Å². The summed E-state index contributed by atoms with van der Waals surface area (Å²) >= 11 is 0. The van der Waals surface area contributed by atoms with Crippen molar-refractivity contribution in [2.24, 2.45) is 0 Å². The summed E-state index contributed by atoms with van der Waals surface area (Å²) in [6.07, 6.45) is 5.24. The normalized spacial score (nSPS) is 21.9. The predicted octanol–water partition coefficient (Wildman–Crippen LogP) is 5.00. The van der Waals surface area contributed by atoms with E-state index < -0.39 is 12.2 Å². The number of fused-ring (bicyclic) bond motifs is 1. The molecular formula is C25H22FNO3. The molecular weight excluding hydrogens is 381 g/mol. The van der Waals surface area contributed by atoms with Gasteiger partial charge in [-0.2, -0.15) is 0 Å². The Morgan fingerprint density at radius 1 is 1.10 bits per heavy atom. The van der Waals surface area contributed by atoms with Crippen molar-refractivity contribution in [1.82, 2.24) is 4.98 Å². The number of para-hydroxylation sites is 1. The summed E-state index contributed by atoms with van der Waals surface area (Å²) in [6, 6.07) is 14.5. The van der Waals surface area contributed by atoms with Crippen LogP contribution in [0, 0.1) is 5.82 Å². The van der Waals surface area contributed by atoms with Gasteiger partial charge in [-0.1, -0.05) is 36.4 Å². The summed E-state index contributed by atoms with van der Waals surface area (Å²) in [5, 5.41) is 10.9. The molecule has 2 heterocycles. The summed E-state index contributed by atoms with van der Waals surface area (Å²) in [6.45, 7) is 0. The fourth-order valence-corrected chi connectivity index (χ4v) is 4.14. The van der Waals surface area contributed by atoms with Crippen LogP contribution in [0.1, 0.15) is 42.9 Å². The number of aliphatic hydroxyl groups excluding tert-OH is 1. The Kier molecular flexibility index (Phi) is 4.83. The zero-order chi connectivity index (χ0) is 20.7. The Bertz CT molecular complexity index is 1140. The molecule has 2 aliphatic rings. The maximum absolute atomic E-state index is 13.6. The van der Waals surface area contributed by atoms with Crippen LogP contribution in [0.5, 0.6) is 0 Å². The molecule has 2 fully saturated rings. The van der Waals surface area contributed by atoms with E-state index >= 15 is 0 Å². The molecule has 0 bridgehead atoms. The first-order chi connectivity index (χ1) is 14.6. The first-order valence-electron chi connectivity index (χ1n) is 10.3. The third-order valence-corrected chi connectivity index (χ3v) is 5.72. The highest BCUT2D eigenvalue weighted by atomic mass is 19.1. The Balaban J connectivity index is 1.68. The molecule has 0 amide bonds. The summed E-state index contributed by atoms with van der Waals surface area (Å²) in [4.78, 5) is 16.7. The van der Waals surface area contributed by atoms with Gasteiger partial charge < -0.3 is 9.84 Å². The SMILES string of the molecule is O=C1C[C@H](O)CC(/C=C/c2c(C3CC3)nc3ccccc3c2-c2ccc(F)cc2)O1. The van der Waals surface area contributed by atoms with Crippen LogP contribution in [0.2, 0.25) is 0 Å². The maximum Gasteiger partial charge on any atom is 0.309 e. The van der Waals surface area contributed by atoms with Gasteiger partial charge in [0.05, 0.1) is 23.7 Å². The van der Waals surface area contributed by atoms with Crippen LogP contribution in [0.4, 0.5) is 4.39 Å². The summed E-state index contributed by atoms with van der Waals surface area (Å²) in [5.41, 5.74) is 4.82. The number of hydrogen-bond donors (Lipinski definition) is 1. The number of carbonyl (C=O) groups excluding carboxylic acids is 1. The number of halogens is 1. The van der Waals surface area contributed by atoms with Gasteiger partial charge in [0.1, 0.15) is 11.9 Å². The van der Waals surface area contributed by atoms with Gasteiger partial charge in [-0.15, -0.1) is 0 Å². The molecule has 0 radical (unpaired) electrons. The van der Waals surface area contributed by atoms with Crippen molar-refractivity contribution in [1.29, 1.82) is 0 Å². The van der Waals surface area contributed by atoms with Crippen molar-refractivity contribution < 1.29 is 19.0 Å². The van der Waals surface area contributed by atoms with Crippen molar-refractivity contribution in [2.75, 3.05) is 0 Å². The molecule has 0 spiro atoms. The number of carbonyl (C=O) groups is 1. The van der Waals surface area contributed by atoms with Crippen molar-refractivity contribution in [3.05, 3.63) is 71.7 Å². The molecule has 1 saturated heterocycles. The third kappa shape index (κ3) is 3.73. The van der Waals surface area contributed by atoms with Crippen LogP contribution in [0.3, 0.4) is 0 Å². The highest BCUT2D eigenvalue weighted by Gasteiger charge is 2.30. The van der Waals surface area contributed by atoms with E-state index in [1.807, 2.05) is 36.4 Å². The van der Waals surface area contributed by atoms with Crippen LogP contribution in [-0.4, -0.2) is 28.3 Å². The maximum atomic E-state index is 13.6. The van der Waals surface area contributed by atoms with Gasteiger partial charge in [0.2, 0.25) is 0 Å². The Morgan fingerprint density at radius 3 is 2.60 bits per heavy atom. The largest absolute Gasteiger partial charge is 0.458 e. The standard InChI is InChI=1S/C25H22FNO3/c26-17-9-7-15(8-10-17)24-20-3-1-2-4-22(20)27-25(16-5-6-16)21(24)12-11-19-13-18(28)14-23(29)30-19/h1-4,7-12,16,18-19,28H,5-6,13-14H2/b12-11+/t18-,19?/m1/s1. The zero-order valence-corrected chi connectivity index (χ0v) is 16.4. The quantitative estimate of drug-likeness (QED) is 0.623. The van der Waals surface area contributed by atoms with E-state index in [-0.39, 0.29) is 18.2 Å². The summed E-state index contributed by atoms with van der Waals surface area (Å²) < 4.78 is 19.0. The van der Waals surface area contributed by atoms with Gasteiger partial charge in [-0.3, -0.25) is 9.78 Å². The topological polar surface area (TPSA) is 59.4 Å². The monoisotopic (exact) mass is 403 g/mol. The van der Waals surface area contributed by atoms with E-state index in [4.69, 9.17) is 9.72 Å². The van der Waals surface area contributed by atoms with Crippen molar-refractivity contribution in [3.8, 4) is 11.1 Å². The molecule has 5 rings (SSSR count). The molecule has 5 heteroatoms. The van der Waals surface area contributed by atoms with E-state index in [0.29, 0.717) is 12.3 Å². The molecule has 1 aliphatic carbocycles. The van der Waals surface area contributed by atoms with Crippen molar-refractivity contribution >= 4 is 22.9 Å². The van der Waals surface area contributed by atoms with Crippen LogP contribution in [-0.2, 0) is 9.53 Å². The molecule has 2 atom stereocenters. The van der Waals surface area contributed by atoms with E-state index in [9.17, 15) is 14.3 Å². The second-order valence-electron chi connectivity index (χ2n) is 8.07. The predicted molar refractivity (Wildman–Crippen MR) is 113 cm³/mol. The molecule has 4 nitrogen and oxygen atoms in total. The molecule has 1 N–H and O–H groups in total. The minimum absolute atomic E-state index is 0.0377. The smallest absolute Gasteiger partial charge is 0.309 e. The average molecular weight is 403 g/mol. The summed E-state index contributed by atoms with van der Waals surface area (Å²) in [5.74, 6) is -0.270. The van der Waals surface area contributed by atoms with Gasteiger partial charge in [0.25, 0.3) is 0 Å². The van der Waals surface area contributed by atoms with E-state index in [2.05, 4.69) is 0 Å². The fourth-order valence-electron chi connectivity index (χ4n) is 4.14. The third-order valence-electron chi connectivity index (χ3n) is 5.72. The van der Waals surface area contributed by atoms with Crippen molar-refractivity contribution in [2.45, 2.75) is 43.8 Å². The van der Waals surface area contributed by atoms with Gasteiger partial charge >= 0.3 is 5.97 Å². The number of cyclic esters (lactones) is 1. The first kappa shape index (κ1) is 18.9. The molecule has 30 heavy (non-hydrogen) atoms. The highest BCUT2D eigenvalue weighted by Crippen LogP contribution is 2.45. The van der Waals surface area contributed by atoms with Gasteiger partial charge in [0, 0.05) is 28.9 Å². The minimum atomic E-state index is -0.685. The lowest BCUT2D eigenvalue weighted by Crippen LogP contribution is -2.31. The Morgan fingerprint density at radius 2 is 1.87 bits per heavy atom. The van der Waals surface area contributed by atoms with Gasteiger partial charge in [-0.05, 0) is 42.7 Å². The molecule has 1 aliphatic heterocycles. The number of aliphatic hydroxyl groups is 1. The van der Waals surface area contributed by atoms with Crippen LogP contribution >= 0.6 is 0 Å². The lowest BCUT2D eigenvalue weighted by molar-refractivity contribution is -0.156. The minimum Gasteiger partial charge on any atom is -0.458 e. The van der Waals surface area contributed by atoms with E-state index in [0.717, 1.165) is 46.1 Å². The molecule has 1 unspecified atom stereocenters. The Labute approximate surface area is 174 Å². The molecule has 1 saturated carbocycles. The average Bonchev–Trinajstić information content (AvgIpc) is 3.57.